The Morgan fingerprint density at radius 2 is 2.22 bits per heavy atom. The van der Waals surface area contributed by atoms with Crippen LogP contribution in [-0.2, 0) is 13.5 Å². The van der Waals surface area contributed by atoms with E-state index in [9.17, 15) is 10.1 Å². The zero-order valence-electron chi connectivity index (χ0n) is 11.1. The second-order valence-corrected chi connectivity index (χ2v) is 3.93. The molecule has 0 aliphatic carbocycles. The molecular weight excluding hydrogens is 236 g/mol. The van der Waals surface area contributed by atoms with E-state index in [1.807, 2.05) is 13.8 Å². The number of ether oxygens (including phenoxy) is 1. The molecular formula is C11H20N4O3. The SMILES string of the molecule is CCCc1nn(C)c(OCCNCC)c1[N+](=O)[O-]. The van der Waals surface area contributed by atoms with Crippen molar-refractivity contribution in [1.82, 2.24) is 15.1 Å². The molecule has 7 nitrogen and oxygen atoms in total. The number of nitrogens with one attached hydrogen (secondary N) is 1. The monoisotopic (exact) mass is 256 g/mol. The summed E-state index contributed by atoms with van der Waals surface area (Å²) in [6.45, 7) is 5.84. The Labute approximate surface area is 106 Å². The molecule has 0 aliphatic heterocycles. The van der Waals surface area contributed by atoms with Gasteiger partial charge in [-0.2, -0.15) is 5.10 Å². The van der Waals surface area contributed by atoms with Crippen molar-refractivity contribution in [3.63, 3.8) is 0 Å². The van der Waals surface area contributed by atoms with Gasteiger partial charge in [0, 0.05) is 13.6 Å². The molecule has 1 heterocycles. The molecule has 102 valence electrons. The summed E-state index contributed by atoms with van der Waals surface area (Å²) in [5.41, 5.74) is 0.485. The van der Waals surface area contributed by atoms with Crippen LogP contribution in [0.5, 0.6) is 5.88 Å². The Bertz CT molecular complexity index is 403. The van der Waals surface area contributed by atoms with Gasteiger partial charge < -0.3 is 10.1 Å². The zero-order valence-corrected chi connectivity index (χ0v) is 11.1. The predicted molar refractivity (Wildman–Crippen MR) is 67.9 cm³/mol. The molecule has 0 aliphatic rings. The van der Waals surface area contributed by atoms with Crippen molar-refractivity contribution in [2.45, 2.75) is 26.7 Å². The first-order valence-corrected chi connectivity index (χ1v) is 6.15. The molecule has 0 atom stereocenters. The summed E-state index contributed by atoms with van der Waals surface area (Å²) in [6, 6.07) is 0. The van der Waals surface area contributed by atoms with Gasteiger partial charge in [-0.05, 0) is 13.0 Å². The lowest BCUT2D eigenvalue weighted by Crippen LogP contribution is -2.21. The zero-order chi connectivity index (χ0) is 13.5. The van der Waals surface area contributed by atoms with E-state index < -0.39 is 4.92 Å². The number of nitrogens with zero attached hydrogens (tertiary/aromatic N) is 3. The summed E-state index contributed by atoms with van der Waals surface area (Å²) in [7, 11) is 1.66. The highest BCUT2D eigenvalue weighted by Gasteiger charge is 2.27. The third-order valence-electron chi connectivity index (χ3n) is 2.48. The Hall–Kier alpha value is -1.63. The van der Waals surface area contributed by atoms with Gasteiger partial charge in [-0.15, -0.1) is 0 Å². The van der Waals surface area contributed by atoms with Crippen molar-refractivity contribution >= 4 is 5.69 Å². The second-order valence-electron chi connectivity index (χ2n) is 3.93. The van der Waals surface area contributed by atoms with Crippen LogP contribution in [0.15, 0.2) is 0 Å². The quantitative estimate of drug-likeness (QED) is 0.430. The first-order valence-electron chi connectivity index (χ1n) is 6.15. The van der Waals surface area contributed by atoms with Gasteiger partial charge in [0.2, 0.25) is 0 Å². The summed E-state index contributed by atoms with van der Waals surface area (Å²) >= 11 is 0. The number of likely N-dealkylation sites (N-methyl/N-ethyl adjacent to an activating group) is 1. The molecule has 0 fully saturated rings. The van der Waals surface area contributed by atoms with Gasteiger partial charge in [-0.3, -0.25) is 10.1 Å². The molecule has 0 unspecified atom stereocenters. The maximum atomic E-state index is 11.1. The molecule has 1 aromatic rings. The van der Waals surface area contributed by atoms with Gasteiger partial charge in [0.15, 0.2) is 0 Å². The van der Waals surface area contributed by atoms with E-state index in [1.54, 1.807) is 7.05 Å². The summed E-state index contributed by atoms with van der Waals surface area (Å²) in [5.74, 6) is 0.237. The Balaban J connectivity index is 2.84. The van der Waals surface area contributed by atoms with E-state index in [1.165, 1.54) is 4.68 Å². The van der Waals surface area contributed by atoms with Gasteiger partial charge >= 0.3 is 5.69 Å². The van der Waals surface area contributed by atoms with Crippen LogP contribution < -0.4 is 10.1 Å². The van der Waals surface area contributed by atoms with E-state index in [2.05, 4.69) is 10.4 Å². The lowest BCUT2D eigenvalue weighted by atomic mass is 10.2. The third-order valence-corrected chi connectivity index (χ3v) is 2.48. The number of aromatic nitrogens is 2. The van der Waals surface area contributed by atoms with E-state index in [0.717, 1.165) is 13.0 Å². The van der Waals surface area contributed by atoms with Crippen LogP contribution in [-0.4, -0.2) is 34.4 Å². The number of aryl methyl sites for hydroxylation is 2. The van der Waals surface area contributed by atoms with E-state index in [0.29, 0.717) is 25.3 Å². The fourth-order valence-electron chi connectivity index (χ4n) is 1.70. The van der Waals surface area contributed by atoms with Crippen LogP contribution in [0.4, 0.5) is 5.69 Å². The smallest absolute Gasteiger partial charge is 0.353 e. The number of nitro groups is 1. The van der Waals surface area contributed by atoms with Gasteiger partial charge in [0.1, 0.15) is 12.3 Å². The van der Waals surface area contributed by atoms with Crippen molar-refractivity contribution in [3.8, 4) is 5.88 Å². The maximum Gasteiger partial charge on any atom is 0.353 e. The Kier molecular flexibility index (Phi) is 5.57. The van der Waals surface area contributed by atoms with Crippen LogP contribution in [0.1, 0.15) is 26.0 Å². The van der Waals surface area contributed by atoms with Crippen LogP contribution in [0.3, 0.4) is 0 Å². The molecule has 7 heteroatoms. The van der Waals surface area contributed by atoms with Gasteiger partial charge in [-0.25, -0.2) is 4.68 Å². The first-order chi connectivity index (χ1) is 8.61. The molecule has 0 amide bonds. The number of rotatable bonds is 8. The van der Waals surface area contributed by atoms with Gasteiger partial charge in [0.25, 0.3) is 5.88 Å². The topological polar surface area (TPSA) is 82.2 Å². The molecule has 0 saturated carbocycles. The van der Waals surface area contributed by atoms with E-state index in [-0.39, 0.29) is 11.6 Å². The minimum atomic E-state index is -0.416. The van der Waals surface area contributed by atoms with Crippen LogP contribution in [0.25, 0.3) is 0 Å². The highest BCUT2D eigenvalue weighted by molar-refractivity contribution is 5.46. The highest BCUT2D eigenvalue weighted by atomic mass is 16.6. The highest BCUT2D eigenvalue weighted by Crippen LogP contribution is 2.30. The number of hydrogen-bond donors (Lipinski definition) is 1. The third kappa shape index (κ3) is 3.43. The maximum absolute atomic E-state index is 11.1. The van der Waals surface area contributed by atoms with Gasteiger partial charge in [0.05, 0.1) is 4.92 Å². The van der Waals surface area contributed by atoms with Crippen LogP contribution >= 0.6 is 0 Å². The normalized spacial score (nSPS) is 10.6. The van der Waals surface area contributed by atoms with Crippen molar-refractivity contribution in [1.29, 1.82) is 0 Å². The molecule has 1 N–H and O–H groups in total. The molecule has 1 rings (SSSR count). The minimum absolute atomic E-state index is 0.00384. The largest absolute Gasteiger partial charge is 0.472 e. The molecule has 18 heavy (non-hydrogen) atoms. The average molecular weight is 256 g/mol. The van der Waals surface area contributed by atoms with E-state index >= 15 is 0 Å². The summed E-state index contributed by atoms with van der Waals surface area (Å²) < 4.78 is 6.89. The molecule has 1 aromatic heterocycles. The molecule has 0 aromatic carbocycles. The molecule has 0 radical (unpaired) electrons. The predicted octanol–water partition coefficient (Wildman–Crippen LogP) is 1.27. The van der Waals surface area contributed by atoms with Crippen molar-refractivity contribution in [2.75, 3.05) is 19.7 Å². The van der Waals surface area contributed by atoms with Crippen molar-refractivity contribution in [2.24, 2.45) is 7.05 Å². The summed E-state index contributed by atoms with van der Waals surface area (Å²) in [6.07, 6.45) is 1.40. The Morgan fingerprint density at radius 3 is 2.78 bits per heavy atom. The second kappa shape index (κ2) is 6.95. The summed E-state index contributed by atoms with van der Waals surface area (Å²) in [4.78, 5) is 10.7. The molecule has 0 bridgehead atoms. The fourth-order valence-corrected chi connectivity index (χ4v) is 1.70. The number of hydrogen-bond acceptors (Lipinski definition) is 5. The molecule has 0 saturated heterocycles. The van der Waals surface area contributed by atoms with Crippen LogP contribution in [0.2, 0.25) is 0 Å². The standard InChI is InChI=1S/C11H20N4O3/c1-4-6-9-10(15(16)17)11(14(3)13-9)18-8-7-12-5-2/h12H,4-8H2,1-3H3. The first kappa shape index (κ1) is 14.4. The van der Waals surface area contributed by atoms with E-state index in [4.69, 9.17) is 4.74 Å². The van der Waals surface area contributed by atoms with Gasteiger partial charge in [-0.1, -0.05) is 20.3 Å². The fraction of sp³-hybridized carbons (Fsp3) is 0.727. The molecule has 0 spiro atoms. The lowest BCUT2D eigenvalue weighted by Gasteiger charge is -2.05. The minimum Gasteiger partial charge on any atom is -0.472 e. The van der Waals surface area contributed by atoms with Crippen molar-refractivity contribution < 1.29 is 9.66 Å². The average Bonchev–Trinajstić information content (AvgIpc) is 2.62. The summed E-state index contributed by atoms with van der Waals surface area (Å²) in [5, 5.41) is 18.3. The van der Waals surface area contributed by atoms with Crippen molar-refractivity contribution in [3.05, 3.63) is 15.8 Å². The lowest BCUT2D eigenvalue weighted by molar-refractivity contribution is -0.386. The Morgan fingerprint density at radius 1 is 1.50 bits per heavy atom. The van der Waals surface area contributed by atoms with Crippen LogP contribution in [0, 0.1) is 10.1 Å².